The zero-order valence-electron chi connectivity index (χ0n) is 12.7. The zero-order valence-corrected chi connectivity index (χ0v) is 12.7. The minimum atomic E-state index is -0.882. The molecule has 0 aliphatic heterocycles. The van der Waals surface area contributed by atoms with Gasteiger partial charge in [0.15, 0.2) is 0 Å². The summed E-state index contributed by atoms with van der Waals surface area (Å²) >= 11 is 0. The van der Waals surface area contributed by atoms with Gasteiger partial charge in [0.05, 0.1) is 11.8 Å². The van der Waals surface area contributed by atoms with Gasteiger partial charge >= 0.3 is 5.97 Å². The highest BCUT2D eigenvalue weighted by molar-refractivity contribution is 5.82. The molecule has 0 unspecified atom stereocenters. The molecular weight excluding hydrogens is 268 g/mol. The van der Waals surface area contributed by atoms with Crippen LogP contribution in [0, 0.1) is 5.41 Å². The monoisotopic (exact) mass is 292 g/mol. The van der Waals surface area contributed by atoms with Gasteiger partial charge in [-0.1, -0.05) is 38.1 Å². The van der Waals surface area contributed by atoms with E-state index in [0.717, 1.165) is 11.1 Å². The molecule has 0 saturated carbocycles. The quantitative estimate of drug-likeness (QED) is 0.680. The van der Waals surface area contributed by atoms with Crippen molar-refractivity contribution in [3.05, 3.63) is 35.4 Å². The number of benzene rings is 1. The minimum Gasteiger partial charge on any atom is -0.481 e. The third-order valence-electron chi connectivity index (χ3n) is 4.13. The number of carbonyl (C=O) groups excluding carboxylic acids is 1. The standard InChI is InChI=1S/C16H24N2O3/c1-3-16(4-2,11-17)15(21)18-10-13-8-6-5-7-12(13)9-14(19)20/h5-8H,3-4,9-11,17H2,1-2H3,(H,18,21)(H,19,20). The van der Waals surface area contributed by atoms with E-state index in [4.69, 9.17) is 10.8 Å². The molecule has 5 heteroatoms. The maximum Gasteiger partial charge on any atom is 0.307 e. The van der Waals surface area contributed by atoms with Crippen LogP contribution in [0.4, 0.5) is 0 Å². The molecule has 0 aliphatic carbocycles. The third kappa shape index (κ3) is 4.29. The maximum atomic E-state index is 12.4. The first-order chi connectivity index (χ1) is 9.99. The lowest BCUT2D eigenvalue weighted by molar-refractivity contribution is -0.136. The van der Waals surface area contributed by atoms with Crippen molar-refractivity contribution >= 4 is 11.9 Å². The van der Waals surface area contributed by atoms with Gasteiger partial charge in [-0.25, -0.2) is 0 Å². The number of aliphatic carboxylic acids is 1. The molecule has 4 N–H and O–H groups in total. The van der Waals surface area contributed by atoms with E-state index >= 15 is 0 Å². The first-order valence-electron chi connectivity index (χ1n) is 7.26. The van der Waals surface area contributed by atoms with Crippen molar-refractivity contribution in [2.75, 3.05) is 6.54 Å². The summed E-state index contributed by atoms with van der Waals surface area (Å²) in [6, 6.07) is 7.24. The normalized spacial score (nSPS) is 11.2. The fourth-order valence-electron chi connectivity index (χ4n) is 2.38. The predicted octanol–water partition coefficient (Wildman–Crippen LogP) is 1.69. The minimum absolute atomic E-state index is 0.0460. The van der Waals surface area contributed by atoms with E-state index < -0.39 is 11.4 Å². The second-order valence-corrected chi connectivity index (χ2v) is 5.21. The van der Waals surface area contributed by atoms with Crippen LogP contribution in [0.3, 0.4) is 0 Å². The molecular formula is C16H24N2O3. The van der Waals surface area contributed by atoms with Crippen LogP contribution >= 0.6 is 0 Å². The number of rotatable bonds is 8. The van der Waals surface area contributed by atoms with Gasteiger partial charge < -0.3 is 16.2 Å². The Balaban J connectivity index is 2.79. The smallest absolute Gasteiger partial charge is 0.307 e. The summed E-state index contributed by atoms with van der Waals surface area (Å²) in [4.78, 5) is 23.2. The van der Waals surface area contributed by atoms with Crippen molar-refractivity contribution < 1.29 is 14.7 Å². The predicted molar refractivity (Wildman–Crippen MR) is 81.7 cm³/mol. The highest BCUT2D eigenvalue weighted by Gasteiger charge is 2.33. The molecule has 0 aromatic heterocycles. The summed E-state index contributed by atoms with van der Waals surface area (Å²) in [5.41, 5.74) is 6.76. The number of hydrogen-bond acceptors (Lipinski definition) is 3. The van der Waals surface area contributed by atoms with Crippen LogP contribution < -0.4 is 11.1 Å². The Hall–Kier alpha value is -1.88. The molecule has 0 atom stereocenters. The lowest BCUT2D eigenvalue weighted by Gasteiger charge is -2.28. The molecule has 1 aromatic rings. The second kappa shape index (κ2) is 7.78. The van der Waals surface area contributed by atoms with Gasteiger partial charge in [-0.05, 0) is 24.0 Å². The van der Waals surface area contributed by atoms with Crippen LogP contribution in [0.2, 0.25) is 0 Å². The van der Waals surface area contributed by atoms with Gasteiger partial charge in [-0.3, -0.25) is 9.59 Å². The van der Waals surface area contributed by atoms with Crippen molar-refractivity contribution in [1.82, 2.24) is 5.32 Å². The molecule has 0 bridgehead atoms. The third-order valence-corrected chi connectivity index (χ3v) is 4.13. The van der Waals surface area contributed by atoms with E-state index in [1.807, 2.05) is 26.0 Å². The van der Waals surface area contributed by atoms with Crippen LogP contribution in [-0.2, 0) is 22.6 Å². The molecule has 116 valence electrons. The summed E-state index contributed by atoms with van der Waals surface area (Å²) in [5, 5.41) is 11.8. The summed E-state index contributed by atoms with van der Waals surface area (Å²) in [6.07, 6.45) is 1.32. The fraction of sp³-hybridized carbons (Fsp3) is 0.500. The van der Waals surface area contributed by atoms with Crippen molar-refractivity contribution in [3.63, 3.8) is 0 Å². The Morgan fingerprint density at radius 3 is 2.24 bits per heavy atom. The van der Waals surface area contributed by atoms with Gasteiger partial charge in [0, 0.05) is 13.1 Å². The van der Waals surface area contributed by atoms with Crippen molar-refractivity contribution in [1.29, 1.82) is 0 Å². The van der Waals surface area contributed by atoms with Crippen molar-refractivity contribution in [2.24, 2.45) is 11.1 Å². The number of hydrogen-bond donors (Lipinski definition) is 3. The topological polar surface area (TPSA) is 92.4 Å². The lowest BCUT2D eigenvalue weighted by atomic mass is 9.81. The van der Waals surface area contributed by atoms with Crippen molar-refractivity contribution in [3.8, 4) is 0 Å². The molecule has 1 aromatic carbocycles. The summed E-state index contributed by atoms with van der Waals surface area (Å²) in [5.74, 6) is -0.952. The second-order valence-electron chi connectivity index (χ2n) is 5.21. The summed E-state index contributed by atoms with van der Waals surface area (Å²) in [6.45, 7) is 4.54. The maximum absolute atomic E-state index is 12.4. The van der Waals surface area contributed by atoms with Crippen LogP contribution in [0.1, 0.15) is 37.8 Å². The van der Waals surface area contributed by atoms with E-state index in [2.05, 4.69) is 5.32 Å². The molecule has 21 heavy (non-hydrogen) atoms. The van der Waals surface area contributed by atoms with Gasteiger partial charge in [0.2, 0.25) is 5.91 Å². The van der Waals surface area contributed by atoms with E-state index in [0.29, 0.717) is 25.9 Å². The average Bonchev–Trinajstić information content (AvgIpc) is 2.48. The Kier molecular flexibility index (Phi) is 6.37. The Morgan fingerprint density at radius 2 is 1.76 bits per heavy atom. The number of carboxylic acid groups (broad SMARTS) is 1. The van der Waals surface area contributed by atoms with Gasteiger partial charge in [-0.2, -0.15) is 0 Å². The Bertz CT molecular complexity index is 488. The lowest BCUT2D eigenvalue weighted by Crippen LogP contribution is -2.45. The first-order valence-corrected chi connectivity index (χ1v) is 7.26. The van der Waals surface area contributed by atoms with Gasteiger partial charge in [0.1, 0.15) is 0 Å². The zero-order chi connectivity index (χ0) is 15.9. The largest absolute Gasteiger partial charge is 0.481 e. The average molecular weight is 292 g/mol. The Labute approximate surface area is 125 Å². The van der Waals surface area contributed by atoms with E-state index in [1.54, 1.807) is 12.1 Å². The molecule has 0 fully saturated rings. The number of amides is 1. The van der Waals surface area contributed by atoms with E-state index in [1.165, 1.54) is 0 Å². The number of carboxylic acids is 1. The van der Waals surface area contributed by atoms with E-state index in [-0.39, 0.29) is 12.3 Å². The fourth-order valence-corrected chi connectivity index (χ4v) is 2.38. The number of carbonyl (C=O) groups is 2. The molecule has 0 heterocycles. The van der Waals surface area contributed by atoms with Crippen LogP contribution in [0.25, 0.3) is 0 Å². The SMILES string of the molecule is CCC(CC)(CN)C(=O)NCc1ccccc1CC(=O)O. The number of nitrogens with two attached hydrogens (primary N) is 1. The molecule has 0 aliphatic rings. The number of nitrogens with one attached hydrogen (secondary N) is 1. The molecule has 0 spiro atoms. The molecule has 1 amide bonds. The van der Waals surface area contributed by atoms with Crippen LogP contribution in [0.5, 0.6) is 0 Å². The highest BCUT2D eigenvalue weighted by atomic mass is 16.4. The van der Waals surface area contributed by atoms with E-state index in [9.17, 15) is 9.59 Å². The molecule has 1 rings (SSSR count). The summed E-state index contributed by atoms with van der Waals surface area (Å²) < 4.78 is 0. The van der Waals surface area contributed by atoms with Gasteiger partial charge in [0.25, 0.3) is 0 Å². The molecule has 5 nitrogen and oxygen atoms in total. The summed E-state index contributed by atoms with van der Waals surface area (Å²) in [7, 11) is 0. The molecule has 0 radical (unpaired) electrons. The van der Waals surface area contributed by atoms with Crippen molar-refractivity contribution in [2.45, 2.75) is 39.7 Å². The Morgan fingerprint density at radius 1 is 1.19 bits per heavy atom. The van der Waals surface area contributed by atoms with Crippen LogP contribution in [-0.4, -0.2) is 23.5 Å². The van der Waals surface area contributed by atoms with Crippen LogP contribution in [0.15, 0.2) is 24.3 Å². The van der Waals surface area contributed by atoms with Gasteiger partial charge in [-0.15, -0.1) is 0 Å². The molecule has 0 saturated heterocycles. The highest BCUT2D eigenvalue weighted by Crippen LogP contribution is 2.25. The first kappa shape index (κ1) is 17.2.